The van der Waals surface area contributed by atoms with E-state index in [2.05, 4.69) is 26.3 Å². The summed E-state index contributed by atoms with van der Waals surface area (Å²) in [6, 6.07) is 0. The number of esters is 1. The number of hydrogen-bond donors (Lipinski definition) is 1. The van der Waals surface area contributed by atoms with E-state index in [1.54, 1.807) is 0 Å². The van der Waals surface area contributed by atoms with Gasteiger partial charge < -0.3 is 9.84 Å². The van der Waals surface area contributed by atoms with E-state index >= 15 is 0 Å². The fourth-order valence-corrected chi connectivity index (χ4v) is 0.374. The first-order valence-electron chi connectivity index (χ1n) is 5.14. The minimum absolute atomic E-state index is 0.138. The van der Waals surface area contributed by atoms with E-state index in [0.29, 0.717) is 4.48 Å². The first kappa shape index (κ1) is 21.4. The van der Waals surface area contributed by atoms with Crippen LogP contribution in [0.2, 0.25) is 0 Å². The highest BCUT2D eigenvalue weighted by molar-refractivity contribution is 5.81. The molecule has 0 radical (unpaired) electrons. The quantitative estimate of drug-likeness (QED) is 0.275. The number of quaternary nitrogens is 1. The molecule has 1 atom stereocenters. The zero-order chi connectivity index (χ0) is 15.4. The second kappa shape index (κ2) is 11.6. The molecule has 104 valence electrons. The molecule has 0 aromatic rings. The number of carbonyl (C=O) groups excluding carboxylic acids is 1. The third kappa shape index (κ3) is 16.5. The van der Waals surface area contributed by atoms with Gasteiger partial charge in [0.25, 0.3) is 0 Å². The molecular formula is C13H24NO4+. The Bertz CT molecular complexity index is 279. The second-order valence-electron chi connectivity index (χ2n) is 3.90. The molecule has 5 heteroatoms. The van der Waals surface area contributed by atoms with Gasteiger partial charge in [0.2, 0.25) is 6.23 Å². The maximum Gasteiger partial charge on any atom is 0.334 e. The molecule has 0 aliphatic heterocycles. The molecule has 0 heterocycles. The Morgan fingerprint density at radius 1 is 1.17 bits per heavy atom. The Kier molecular flexibility index (Phi) is 13.8. The molecular weight excluding hydrogens is 234 g/mol. The topological polar surface area (TPSA) is 63.6 Å². The predicted molar refractivity (Wildman–Crippen MR) is 72.9 cm³/mol. The minimum atomic E-state index is -0.981. The number of hydrogen-bond acceptors (Lipinski definition) is 3. The van der Waals surface area contributed by atoms with Crippen LogP contribution in [0.4, 0.5) is 0 Å². The summed E-state index contributed by atoms with van der Waals surface area (Å²) in [5, 5.41) is 7.60. The number of rotatable bonds is 4. The van der Waals surface area contributed by atoms with E-state index in [4.69, 9.17) is 9.84 Å². The van der Waals surface area contributed by atoms with Crippen molar-refractivity contribution in [1.82, 2.24) is 0 Å². The monoisotopic (exact) mass is 258 g/mol. The van der Waals surface area contributed by atoms with Crippen molar-refractivity contribution in [3.63, 3.8) is 0 Å². The molecule has 0 rings (SSSR count). The van der Waals surface area contributed by atoms with Gasteiger partial charge in [-0.15, -0.1) is 13.2 Å². The Hall–Kier alpha value is -1.88. The highest BCUT2D eigenvalue weighted by atomic mass is 16.6. The number of carbonyl (C=O) groups is 2. The van der Waals surface area contributed by atoms with Crippen molar-refractivity contribution in [3.05, 3.63) is 38.5 Å². The van der Waals surface area contributed by atoms with Gasteiger partial charge >= 0.3 is 11.9 Å². The molecule has 5 nitrogen and oxygen atoms in total. The molecule has 0 spiro atoms. The smallest absolute Gasteiger partial charge is 0.334 e. The SMILES string of the molecule is C=C.C=CC(=O)O.C=CC(=O)OC(C)[N+](C)(C)C. The van der Waals surface area contributed by atoms with Crippen LogP contribution < -0.4 is 0 Å². The van der Waals surface area contributed by atoms with Gasteiger partial charge in [0.05, 0.1) is 21.1 Å². The van der Waals surface area contributed by atoms with Crippen molar-refractivity contribution in [2.45, 2.75) is 13.2 Å². The molecule has 0 fully saturated rings. The van der Waals surface area contributed by atoms with Gasteiger partial charge in [0.1, 0.15) is 0 Å². The maximum absolute atomic E-state index is 10.7. The minimum Gasteiger partial charge on any atom is -0.478 e. The Morgan fingerprint density at radius 3 is 1.67 bits per heavy atom. The van der Waals surface area contributed by atoms with Gasteiger partial charge in [-0.25, -0.2) is 9.59 Å². The molecule has 0 aliphatic rings. The number of carboxylic acids is 1. The summed E-state index contributed by atoms with van der Waals surface area (Å²) in [6.45, 7) is 14.1. The fourth-order valence-electron chi connectivity index (χ4n) is 0.374. The second-order valence-corrected chi connectivity index (χ2v) is 3.90. The molecule has 0 aromatic carbocycles. The Labute approximate surface area is 109 Å². The summed E-state index contributed by atoms with van der Waals surface area (Å²) in [4.78, 5) is 20.0. The van der Waals surface area contributed by atoms with E-state index < -0.39 is 5.97 Å². The molecule has 1 unspecified atom stereocenters. The average Bonchev–Trinajstić information content (AvgIpc) is 2.30. The van der Waals surface area contributed by atoms with Gasteiger partial charge in [-0.3, -0.25) is 4.48 Å². The zero-order valence-corrected chi connectivity index (χ0v) is 11.7. The van der Waals surface area contributed by atoms with Gasteiger partial charge in [-0.2, -0.15) is 0 Å². The maximum atomic E-state index is 10.7. The lowest BCUT2D eigenvalue weighted by atomic mass is 10.5. The van der Waals surface area contributed by atoms with E-state index in [9.17, 15) is 9.59 Å². The summed E-state index contributed by atoms with van der Waals surface area (Å²) in [7, 11) is 5.88. The summed E-state index contributed by atoms with van der Waals surface area (Å²) in [5.74, 6) is -1.35. The highest BCUT2D eigenvalue weighted by Gasteiger charge is 2.20. The van der Waals surface area contributed by atoms with Crippen LogP contribution >= 0.6 is 0 Å². The Balaban J connectivity index is -0.000000270. The fraction of sp³-hybridized carbons (Fsp3) is 0.385. The van der Waals surface area contributed by atoms with Gasteiger partial charge in [-0.1, -0.05) is 13.2 Å². The number of carboxylic acid groups (broad SMARTS) is 1. The third-order valence-corrected chi connectivity index (χ3v) is 1.72. The van der Waals surface area contributed by atoms with Crippen LogP contribution in [-0.2, 0) is 14.3 Å². The number of ether oxygens (including phenoxy) is 1. The van der Waals surface area contributed by atoms with Gasteiger partial charge in [0.15, 0.2) is 0 Å². The molecule has 0 saturated heterocycles. The van der Waals surface area contributed by atoms with E-state index in [0.717, 1.165) is 6.08 Å². The molecule has 0 amide bonds. The normalized spacial score (nSPS) is 10.4. The van der Waals surface area contributed by atoms with Crippen LogP contribution in [0.25, 0.3) is 0 Å². The van der Waals surface area contributed by atoms with Crippen LogP contribution in [-0.4, -0.2) is 48.9 Å². The lowest BCUT2D eigenvalue weighted by Crippen LogP contribution is -2.45. The van der Waals surface area contributed by atoms with Crippen molar-refractivity contribution < 1.29 is 23.9 Å². The lowest BCUT2D eigenvalue weighted by Gasteiger charge is -2.29. The van der Waals surface area contributed by atoms with Crippen molar-refractivity contribution in [3.8, 4) is 0 Å². The van der Waals surface area contributed by atoms with E-state index in [1.165, 1.54) is 6.08 Å². The zero-order valence-electron chi connectivity index (χ0n) is 11.7. The first-order valence-corrected chi connectivity index (χ1v) is 5.14. The summed E-state index contributed by atoms with van der Waals surface area (Å²) < 4.78 is 5.58. The van der Waals surface area contributed by atoms with Crippen molar-refractivity contribution in [1.29, 1.82) is 0 Å². The molecule has 0 saturated carbocycles. The van der Waals surface area contributed by atoms with Crippen molar-refractivity contribution in [2.75, 3.05) is 21.1 Å². The summed E-state index contributed by atoms with van der Waals surface area (Å²) in [5.41, 5.74) is 0. The molecule has 1 N–H and O–H groups in total. The third-order valence-electron chi connectivity index (χ3n) is 1.72. The molecule has 0 aliphatic carbocycles. The standard InChI is InChI=1S/C8H16NO2.C3H4O2.C2H4/c1-6-8(10)11-7(2)9(3,4)5;1-2-3(4)5;1-2/h6-7H,1H2,2-5H3;2H,1H2,(H,4,5);1-2H2/q+1;;. The molecule has 0 bridgehead atoms. The van der Waals surface area contributed by atoms with E-state index in [1.807, 2.05) is 28.1 Å². The van der Waals surface area contributed by atoms with Gasteiger partial charge in [-0.05, 0) is 0 Å². The predicted octanol–water partition coefficient (Wildman–Crippen LogP) is 1.83. The van der Waals surface area contributed by atoms with Crippen LogP contribution in [0.3, 0.4) is 0 Å². The highest BCUT2D eigenvalue weighted by Crippen LogP contribution is 2.03. The van der Waals surface area contributed by atoms with Crippen molar-refractivity contribution >= 4 is 11.9 Å². The largest absolute Gasteiger partial charge is 0.478 e. The van der Waals surface area contributed by atoms with Crippen LogP contribution in [0, 0.1) is 0 Å². The first-order chi connectivity index (χ1) is 8.15. The average molecular weight is 258 g/mol. The van der Waals surface area contributed by atoms with Crippen molar-refractivity contribution in [2.24, 2.45) is 0 Å². The van der Waals surface area contributed by atoms with Gasteiger partial charge in [0, 0.05) is 19.1 Å². The van der Waals surface area contributed by atoms with E-state index in [-0.39, 0.29) is 12.2 Å². The van der Waals surface area contributed by atoms with Crippen LogP contribution in [0.1, 0.15) is 6.92 Å². The molecule has 18 heavy (non-hydrogen) atoms. The summed E-state index contributed by atoms with van der Waals surface area (Å²) in [6.07, 6.45) is 1.87. The Morgan fingerprint density at radius 2 is 1.50 bits per heavy atom. The van der Waals surface area contributed by atoms with Crippen LogP contribution in [0.15, 0.2) is 38.5 Å². The van der Waals surface area contributed by atoms with Crippen LogP contribution in [0.5, 0.6) is 0 Å². The number of aliphatic carboxylic acids is 1. The number of nitrogens with zero attached hydrogens (tertiary/aromatic N) is 1. The lowest BCUT2D eigenvalue weighted by molar-refractivity contribution is -0.914. The molecule has 0 aromatic heterocycles. The summed E-state index contributed by atoms with van der Waals surface area (Å²) >= 11 is 0.